The monoisotopic (exact) mass is 395 g/mol. The van der Waals surface area contributed by atoms with E-state index in [4.69, 9.17) is 29.7 Å². The van der Waals surface area contributed by atoms with Crippen molar-refractivity contribution in [2.24, 2.45) is 0 Å². The second-order valence-corrected chi connectivity index (χ2v) is 2.36. The van der Waals surface area contributed by atoms with E-state index in [9.17, 15) is 39.5 Å². The van der Waals surface area contributed by atoms with Gasteiger partial charge in [0.15, 0.2) is 0 Å². The maximum absolute atomic E-state index is 10.5. The van der Waals surface area contributed by atoms with E-state index in [-0.39, 0.29) is 17.1 Å². The van der Waals surface area contributed by atoms with E-state index < -0.39 is 36.4 Å². The number of rotatable bonds is 0. The second kappa shape index (κ2) is 10.1. The molecule has 0 aromatic carbocycles. The van der Waals surface area contributed by atoms with Crippen molar-refractivity contribution < 1.29 is 86.3 Å². The number of alkyl halides is 9. The van der Waals surface area contributed by atoms with Crippen LogP contribution in [0.5, 0.6) is 0 Å². The molecule has 16 heteroatoms. The largest absolute Gasteiger partial charge is 3.00 e. The summed E-state index contributed by atoms with van der Waals surface area (Å²) in [5.41, 5.74) is 0. The first-order chi connectivity index (χ1) is 8.83. The van der Waals surface area contributed by atoms with Crippen LogP contribution >= 0.6 is 0 Å². The molecule has 0 aliphatic carbocycles. The summed E-state index contributed by atoms with van der Waals surface area (Å²) >= 11 is 0. The van der Waals surface area contributed by atoms with E-state index in [1.165, 1.54) is 0 Å². The zero-order valence-corrected chi connectivity index (χ0v) is 10.3. The van der Waals surface area contributed by atoms with Crippen LogP contribution in [0.25, 0.3) is 0 Å². The Labute approximate surface area is 124 Å². The SMILES string of the molecule is O=C([O-])C(F)(F)F.O=C([O-])C(F)(F)F.O=C([O-])C(F)(F)F.[Fe+3]. The Morgan fingerprint density at radius 1 is 0.500 bits per heavy atom. The molecular formula is C6F9FeO6. The van der Waals surface area contributed by atoms with E-state index in [2.05, 4.69) is 0 Å². The average molecular weight is 395 g/mol. The third kappa shape index (κ3) is 20.6. The molecule has 0 aliphatic heterocycles. The number of halogens is 9. The molecule has 0 saturated carbocycles. The van der Waals surface area contributed by atoms with Crippen LogP contribution in [0, 0.1) is 0 Å². The molecule has 0 unspecified atom stereocenters. The van der Waals surface area contributed by atoms with Gasteiger partial charge in [-0.3, -0.25) is 0 Å². The van der Waals surface area contributed by atoms with Crippen molar-refractivity contribution >= 4 is 17.9 Å². The number of carboxylic acids is 3. The van der Waals surface area contributed by atoms with Gasteiger partial charge in [-0.1, -0.05) is 0 Å². The first-order valence-electron chi connectivity index (χ1n) is 3.68. The molecule has 0 atom stereocenters. The molecule has 0 bridgehead atoms. The standard InChI is InChI=1S/3C2HF3O2.Fe/c3*3-2(4,5)1(6)7;/h3*(H,6,7);/q;;;+3/p-3. The fourth-order valence-corrected chi connectivity index (χ4v) is 0. The van der Waals surface area contributed by atoms with Crippen molar-refractivity contribution in [2.75, 3.05) is 0 Å². The second-order valence-electron chi connectivity index (χ2n) is 2.36. The first kappa shape index (κ1) is 28.5. The minimum atomic E-state index is -5.19. The number of carboxylic acid groups (broad SMARTS) is 3. The molecule has 6 nitrogen and oxygen atoms in total. The number of carbonyl (C=O) groups excluding carboxylic acids is 3. The molecule has 0 saturated heterocycles. The Balaban J connectivity index is -0.000000108. The molecule has 0 heterocycles. The summed E-state index contributed by atoms with van der Waals surface area (Å²) in [5.74, 6) is -9.02. The fourth-order valence-electron chi connectivity index (χ4n) is 0. The smallest absolute Gasteiger partial charge is 0.542 e. The molecule has 0 aromatic rings. The summed E-state index contributed by atoms with van der Waals surface area (Å²) in [4.78, 5) is 26.4. The first-order valence-corrected chi connectivity index (χ1v) is 3.68. The summed E-state index contributed by atoms with van der Waals surface area (Å²) in [5, 5.41) is 26.4. The van der Waals surface area contributed by atoms with E-state index in [0.29, 0.717) is 0 Å². The normalized spacial score (nSPS) is 10.8. The van der Waals surface area contributed by atoms with Gasteiger partial charge in [-0.15, -0.1) is 0 Å². The van der Waals surface area contributed by atoms with Gasteiger partial charge < -0.3 is 29.7 Å². The van der Waals surface area contributed by atoms with Crippen molar-refractivity contribution in [1.82, 2.24) is 0 Å². The maximum atomic E-state index is 10.5. The van der Waals surface area contributed by atoms with E-state index in [1.54, 1.807) is 0 Å². The molecular weight excluding hydrogens is 395 g/mol. The van der Waals surface area contributed by atoms with Gasteiger partial charge >= 0.3 is 35.6 Å². The minimum Gasteiger partial charge on any atom is -0.542 e. The molecule has 22 heavy (non-hydrogen) atoms. The summed E-state index contributed by atoms with van der Waals surface area (Å²) in [6.07, 6.45) is -15.6. The van der Waals surface area contributed by atoms with Crippen molar-refractivity contribution in [1.29, 1.82) is 0 Å². The number of carbonyl (C=O) groups is 3. The van der Waals surface area contributed by atoms with Crippen LogP contribution in [0.2, 0.25) is 0 Å². The predicted molar refractivity (Wildman–Crippen MR) is 33.2 cm³/mol. The van der Waals surface area contributed by atoms with Gasteiger partial charge in [0.05, 0.1) is 0 Å². The Kier molecular flexibility index (Phi) is 13.1. The van der Waals surface area contributed by atoms with Crippen molar-refractivity contribution in [3.8, 4) is 0 Å². The summed E-state index contributed by atoms with van der Waals surface area (Å²) in [6, 6.07) is 0. The van der Waals surface area contributed by atoms with Gasteiger partial charge in [0.1, 0.15) is 17.9 Å². The quantitative estimate of drug-likeness (QED) is 0.342. The van der Waals surface area contributed by atoms with Gasteiger partial charge in [0.2, 0.25) is 0 Å². The van der Waals surface area contributed by atoms with Crippen LogP contribution < -0.4 is 15.3 Å². The van der Waals surface area contributed by atoms with E-state index >= 15 is 0 Å². The Hall–Kier alpha value is -1.70. The van der Waals surface area contributed by atoms with Gasteiger partial charge in [0.25, 0.3) is 0 Å². The molecule has 0 aliphatic rings. The van der Waals surface area contributed by atoms with Crippen molar-refractivity contribution in [3.63, 3.8) is 0 Å². The number of hydrogen-bond acceptors (Lipinski definition) is 6. The summed E-state index contributed by atoms with van der Waals surface area (Å²) in [6.45, 7) is 0. The molecule has 0 amide bonds. The van der Waals surface area contributed by atoms with Gasteiger partial charge in [-0.2, -0.15) is 39.5 Å². The van der Waals surface area contributed by atoms with Gasteiger partial charge in [-0.05, 0) is 0 Å². The fraction of sp³-hybridized carbons (Fsp3) is 0.500. The van der Waals surface area contributed by atoms with E-state index in [1.807, 2.05) is 0 Å². The average Bonchev–Trinajstić information content (AvgIpc) is 2.14. The van der Waals surface area contributed by atoms with Crippen molar-refractivity contribution in [2.45, 2.75) is 18.5 Å². The molecule has 0 fully saturated rings. The zero-order chi connectivity index (χ0) is 18.2. The molecule has 0 aromatic heterocycles. The van der Waals surface area contributed by atoms with E-state index in [0.717, 1.165) is 0 Å². The van der Waals surface area contributed by atoms with Crippen LogP contribution in [-0.4, -0.2) is 36.4 Å². The zero-order valence-electron chi connectivity index (χ0n) is 9.20. The number of hydrogen-bond donors (Lipinski definition) is 0. The molecule has 0 N–H and O–H groups in total. The van der Waals surface area contributed by atoms with Crippen LogP contribution in [0.15, 0.2) is 0 Å². The van der Waals surface area contributed by atoms with Crippen molar-refractivity contribution in [3.05, 3.63) is 0 Å². The topological polar surface area (TPSA) is 120 Å². The summed E-state index contributed by atoms with van der Waals surface area (Å²) in [7, 11) is 0. The Morgan fingerprint density at radius 2 is 0.545 bits per heavy atom. The molecule has 131 valence electrons. The predicted octanol–water partition coefficient (Wildman–Crippen LogP) is -2.11. The van der Waals surface area contributed by atoms with Crippen LogP contribution in [0.4, 0.5) is 39.5 Å². The molecule has 0 rings (SSSR count). The van der Waals surface area contributed by atoms with Gasteiger partial charge in [-0.25, -0.2) is 0 Å². The maximum Gasteiger partial charge on any atom is 3.00 e. The molecule has 0 spiro atoms. The Morgan fingerprint density at radius 3 is 0.545 bits per heavy atom. The minimum absolute atomic E-state index is 0. The van der Waals surface area contributed by atoms with Gasteiger partial charge in [0, 0.05) is 0 Å². The third-order valence-corrected chi connectivity index (χ3v) is 0.694. The van der Waals surface area contributed by atoms with Crippen LogP contribution in [0.3, 0.4) is 0 Å². The molecule has 1 radical (unpaired) electrons. The van der Waals surface area contributed by atoms with Crippen LogP contribution in [0.1, 0.15) is 0 Å². The summed E-state index contributed by atoms with van der Waals surface area (Å²) < 4.78 is 94.6. The van der Waals surface area contributed by atoms with Crippen LogP contribution in [-0.2, 0) is 31.5 Å². The third-order valence-electron chi connectivity index (χ3n) is 0.694. The number of aliphatic carboxylic acids is 3. The Bertz CT molecular complexity index is 313.